The summed E-state index contributed by atoms with van der Waals surface area (Å²) in [6, 6.07) is 13.7. The predicted octanol–water partition coefficient (Wildman–Crippen LogP) is 3.13. The van der Waals surface area contributed by atoms with Crippen molar-refractivity contribution in [1.29, 1.82) is 0 Å². The fourth-order valence-corrected chi connectivity index (χ4v) is 4.01. The van der Waals surface area contributed by atoms with Gasteiger partial charge in [0.2, 0.25) is 0 Å². The number of hydrogen-bond acceptors (Lipinski definition) is 4. The molecular weight excluding hydrogens is 394 g/mol. The Morgan fingerprint density at radius 1 is 1.10 bits per heavy atom. The van der Waals surface area contributed by atoms with Crippen molar-refractivity contribution in [3.8, 4) is 0 Å². The smallest absolute Gasteiger partial charge is 0.332 e. The van der Waals surface area contributed by atoms with E-state index in [1.165, 1.54) is 4.90 Å². The molecule has 0 spiro atoms. The van der Waals surface area contributed by atoms with E-state index >= 15 is 0 Å². The van der Waals surface area contributed by atoms with Gasteiger partial charge in [-0.1, -0.05) is 24.3 Å². The zero-order chi connectivity index (χ0) is 22.0. The van der Waals surface area contributed by atoms with Crippen LogP contribution in [0, 0.1) is 0 Å². The van der Waals surface area contributed by atoms with Gasteiger partial charge >= 0.3 is 6.03 Å². The van der Waals surface area contributed by atoms with Gasteiger partial charge in [-0.3, -0.25) is 9.59 Å². The van der Waals surface area contributed by atoms with Crippen LogP contribution in [-0.2, 0) is 22.5 Å². The number of hydrogen-bond donors (Lipinski definition) is 1. The molecule has 2 aliphatic rings. The quantitative estimate of drug-likeness (QED) is 0.550. The van der Waals surface area contributed by atoms with Gasteiger partial charge in [0.1, 0.15) is 6.04 Å². The number of nitrogens with one attached hydrogen (secondary N) is 1. The van der Waals surface area contributed by atoms with Crippen LogP contribution in [0.25, 0.3) is 0 Å². The van der Waals surface area contributed by atoms with E-state index in [4.69, 9.17) is 4.74 Å². The summed E-state index contributed by atoms with van der Waals surface area (Å²) in [5.74, 6) is -0.412. The van der Waals surface area contributed by atoms with Gasteiger partial charge in [0, 0.05) is 31.7 Å². The predicted molar refractivity (Wildman–Crippen MR) is 117 cm³/mol. The molecule has 2 aromatic rings. The maximum absolute atomic E-state index is 13.0. The number of anilines is 1. The average Bonchev–Trinajstić information content (AvgIpc) is 3.01. The number of imide groups is 1. The topological polar surface area (TPSA) is 79.0 Å². The average molecular weight is 421 g/mol. The molecule has 1 atom stereocenters. The Hall–Kier alpha value is -3.19. The molecule has 31 heavy (non-hydrogen) atoms. The summed E-state index contributed by atoms with van der Waals surface area (Å²) in [5.41, 5.74) is 3.15. The molecule has 0 aromatic heterocycles. The first-order valence-electron chi connectivity index (χ1n) is 10.7. The van der Waals surface area contributed by atoms with Gasteiger partial charge in [0.15, 0.2) is 0 Å². The van der Waals surface area contributed by atoms with Crippen molar-refractivity contribution in [2.75, 3.05) is 18.1 Å². The minimum absolute atomic E-state index is 0.175. The van der Waals surface area contributed by atoms with Gasteiger partial charge in [0.05, 0.1) is 11.8 Å². The van der Waals surface area contributed by atoms with Crippen LogP contribution < -0.4 is 10.2 Å². The second-order valence-electron chi connectivity index (χ2n) is 8.15. The van der Waals surface area contributed by atoms with Crippen LogP contribution in [0.5, 0.6) is 0 Å². The number of carbonyl (C=O) groups excluding carboxylic acids is 3. The van der Waals surface area contributed by atoms with Crippen LogP contribution in [0.2, 0.25) is 0 Å². The molecule has 7 heteroatoms. The molecule has 1 fully saturated rings. The summed E-state index contributed by atoms with van der Waals surface area (Å²) in [4.78, 5) is 41.2. The molecule has 4 rings (SSSR count). The van der Waals surface area contributed by atoms with E-state index in [1.54, 1.807) is 29.2 Å². The molecule has 1 saturated heterocycles. The minimum Gasteiger partial charge on any atom is -0.379 e. The molecule has 2 aliphatic heterocycles. The van der Waals surface area contributed by atoms with E-state index in [0.717, 1.165) is 17.5 Å². The second-order valence-corrected chi connectivity index (χ2v) is 8.15. The summed E-state index contributed by atoms with van der Waals surface area (Å²) >= 11 is 0. The monoisotopic (exact) mass is 421 g/mol. The summed E-state index contributed by atoms with van der Waals surface area (Å²) in [6.45, 7) is 5.50. The standard InChI is InChI=1S/C24H27N3O4/c1-16(2)31-13-5-12-25-22(28)17-8-10-20(11-9-17)27-23(29)21-14-18-6-3-4-7-19(18)15-26(21)24(27)30/h3-4,6-11,16,21H,5,12-15H2,1-2H3,(H,25,28)/t21-/m0/s1. The summed E-state index contributed by atoms with van der Waals surface area (Å²) < 4.78 is 5.46. The van der Waals surface area contributed by atoms with Crippen molar-refractivity contribution in [3.63, 3.8) is 0 Å². The molecule has 0 radical (unpaired) electrons. The largest absolute Gasteiger partial charge is 0.379 e. The highest BCUT2D eigenvalue weighted by atomic mass is 16.5. The number of rotatable bonds is 7. The third-order valence-corrected chi connectivity index (χ3v) is 5.64. The number of ether oxygens (including phenoxy) is 1. The first-order chi connectivity index (χ1) is 15.0. The Morgan fingerprint density at radius 2 is 1.81 bits per heavy atom. The summed E-state index contributed by atoms with van der Waals surface area (Å²) in [7, 11) is 0. The van der Waals surface area contributed by atoms with E-state index < -0.39 is 6.04 Å². The molecule has 0 saturated carbocycles. The van der Waals surface area contributed by atoms with Crippen molar-refractivity contribution >= 4 is 23.5 Å². The van der Waals surface area contributed by atoms with Gasteiger partial charge in [-0.25, -0.2) is 9.69 Å². The summed E-state index contributed by atoms with van der Waals surface area (Å²) in [6.07, 6.45) is 1.44. The van der Waals surface area contributed by atoms with Gasteiger partial charge in [-0.05, 0) is 55.7 Å². The van der Waals surface area contributed by atoms with Gasteiger partial charge < -0.3 is 15.0 Å². The van der Waals surface area contributed by atoms with E-state index in [0.29, 0.717) is 37.4 Å². The third kappa shape index (κ3) is 4.32. The molecule has 2 heterocycles. The van der Waals surface area contributed by atoms with Crippen molar-refractivity contribution in [1.82, 2.24) is 10.2 Å². The lowest BCUT2D eigenvalue weighted by molar-refractivity contribution is -0.120. The lowest BCUT2D eigenvalue weighted by atomic mass is 9.95. The van der Waals surface area contributed by atoms with Crippen LogP contribution >= 0.6 is 0 Å². The zero-order valence-electron chi connectivity index (χ0n) is 17.8. The Kier molecular flexibility index (Phi) is 6.04. The van der Waals surface area contributed by atoms with Crippen LogP contribution in [-0.4, -0.2) is 48.0 Å². The lowest BCUT2D eigenvalue weighted by Crippen LogP contribution is -2.39. The van der Waals surface area contributed by atoms with Crippen LogP contribution in [0.4, 0.5) is 10.5 Å². The number of carbonyl (C=O) groups is 3. The molecule has 4 amide bonds. The number of amides is 4. The maximum Gasteiger partial charge on any atom is 0.332 e. The molecule has 2 aromatic carbocycles. The Bertz CT molecular complexity index is 944. The van der Waals surface area contributed by atoms with Crippen molar-refractivity contribution in [3.05, 3.63) is 65.2 Å². The van der Waals surface area contributed by atoms with Gasteiger partial charge in [0.25, 0.3) is 11.8 Å². The first kappa shape index (κ1) is 21.1. The first-order valence-corrected chi connectivity index (χ1v) is 10.7. The van der Waals surface area contributed by atoms with Gasteiger partial charge in [-0.15, -0.1) is 0 Å². The summed E-state index contributed by atoms with van der Waals surface area (Å²) in [5, 5.41) is 2.86. The number of benzene rings is 2. The number of fused-ring (bicyclic) bond motifs is 2. The van der Waals surface area contributed by atoms with Gasteiger partial charge in [-0.2, -0.15) is 0 Å². The molecule has 1 N–H and O–H groups in total. The van der Waals surface area contributed by atoms with Crippen molar-refractivity contribution in [2.24, 2.45) is 0 Å². The molecule has 0 bridgehead atoms. The fraction of sp³-hybridized carbons (Fsp3) is 0.375. The van der Waals surface area contributed by atoms with E-state index in [-0.39, 0.29) is 23.9 Å². The highest BCUT2D eigenvalue weighted by Gasteiger charge is 2.47. The van der Waals surface area contributed by atoms with Crippen LogP contribution in [0.1, 0.15) is 41.8 Å². The molecule has 7 nitrogen and oxygen atoms in total. The van der Waals surface area contributed by atoms with Crippen LogP contribution in [0.3, 0.4) is 0 Å². The molecular formula is C24H27N3O4. The highest BCUT2D eigenvalue weighted by Crippen LogP contribution is 2.32. The van der Waals surface area contributed by atoms with E-state index in [1.807, 2.05) is 38.1 Å². The Labute approximate surface area is 182 Å². The SMILES string of the molecule is CC(C)OCCCNC(=O)c1ccc(N2C(=O)[C@@H]3Cc4ccccc4CN3C2=O)cc1. The molecule has 0 aliphatic carbocycles. The number of urea groups is 1. The van der Waals surface area contributed by atoms with E-state index in [9.17, 15) is 14.4 Å². The fourth-order valence-electron chi connectivity index (χ4n) is 4.01. The van der Waals surface area contributed by atoms with Crippen molar-refractivity contribution < 1.29 is 19.1 Å². The molecule has 0 unspecified atom stereocenters. The normalized spacial score (nSPS) is 17.7. The molecule has 162 valence electrons. The van der Waals surface area contributed by atoms with E-state index in [2.05, 4.69) is 5.32 Å². The maximum atomic E-state index is 13.0. The highest BCUT2D eigenvalue weighted by molar-refractivity contribution is 6.21. The van der Waals surface area contributed by atoms with Crippen molar-refractivity contribution in [2.45, 2.75) is 45.4 Å². The second kappa shape index (κ2) is 8.89. The third-order valence-electron chi connectivity index (χ3n) is 5.64. The number of nitrogens with zero attached hydrogens (tertiary/aromatic N) is 2. The lowest BCUT2D eigenvalue weighted by Gasteiger charge is -2.28. The zero-order valence-corrected chi connectivity index (χ0v) is 17.8. The minimum atomic E-state index is -0.474. The Morgan fingerprint density at radius 3 is 2.52 bits per heavy atom. The van der Waals surface area contributed by atoms with Crippen LogP contribution in [0.15, 0.2) is 48.5 Å². The Balaban J connectivity index is 1.40.